The van der Waals surface area contributed by atoms with Crippen molar-refractivity contribution in [3.05, 3.63) is 45.4 Å². The second-order valence-electron chi connectivity index (χ2n) is 6.71. The van der Waals surface area contributed by atoms with Crippen molar-refractivity contribution in [2.45, 2.75) is 13.8 Å². The Hall–Kier alpha value is -2.32. The molecule has 156 valence electrons. The minimum atomic E-state index is -0.0830. The lowest BCUT2D eigenvalue weighted by Gasteiger charge is -2.37. The third kappa shape index (κ3) is 5.83. The molecule has 1 aliphatic heterocycles. The number of rotatable bonds is 6. The van der Waals surface area contributed by atoms with Gasteiger partial charge in [-0.25, -0.2) is 4.98 Å². The van der Waals surface area contributed by atoms with Crippen LogP contribution in [0, 0.1) is 6.92 Å². The Kier molecular flexibility index (Phi) is 7.71. The number of nitrogens with one attached hydrogen (secondary N) is 2. The summed E-state index contributed by atoms with van der Waals surface area (Å²) in [5.41, 5.74) is 3.61. The van der Waals surface area contributed by atoms with Crippen molar-refractivity contribution in [1.29, 1.82) is 0 Å². The van der Waals surface area contributed by atoms with Gasteiger partial charge in [-0.2, -0.15) is 0 Å². The summed E-state index contributed by atoms with van der Waals surface area (Å²) in [5.74, 6) is 0.807. The van der Waals surface area contributed by atoms with Gasteiger partial charge in [0, 0.05) is 50.0 Å². The van der Waals surface area contributed by atoms with Crippen LogP contribution in [0.2, 0.25) is 5.02 Å². The van der Waals surface area contributed by atoms with Crippen molar-refractivity contribution in [3.63, 3.8) is 0 Å². The lowest BCUT2D eigenvalue weighted by atomic mass is 10.2. The summed E-state index contributed by atoms with van der Waals surface area (Å²) in [7, 11) is 0. The average Bonchev–Trinajstić information content (AvgIpc) is 3.16. The maximum absolute atomic E-state index is 12.2. The van der Waals surface area contributed by atoms with Gasteiger partial charge in [0.1, 0.15) is 4.88 Å². The third-order valence-electron chi connectivity index (χ3n) is 4.70. The molecule has 0 unspecified atom stereocenters. The van der Waals surface area contributed by atoms with Gasteiger partial charge in [0.05, 0.1) is 17.7 Å². The highest BCUT2D eigenvalue weighted by Gasteiger charge is 2.20. The average molecular weight is 435 g/mol. The monoisotopic (exact) mass is 434 g/mol. The minimum absolute atomic E-state index is 0.0830. The topological polar surface area (TPSA) is 72.9 Å². The zero-order valence-electron chi connectivity index (χ0n) is 16.8. The number of carbonyl (C=O) groups is 1. The fourth-order valence-corrected chi connectivity index (χ4v) is 4.11. The molecular formula is C20H27ClN6OS. The minimum Gasteiger partial charge on any atom is -0.368 e. The molecule has 1 amide bonds. The Labute approximate surface area is 180 Å². The van der Waals surface area contributed by atoms with E-state index in [1.54, 1.807) is 5.51 Å². The molecule has 3 rings (SSSR count). The van der Waals surface area contributed by atoms with E-state index in [1.165, 1.54) is 11.3 Å². The highest BCUT2D eigenvalue weighted by molar-refractivity contribution is 7.11. The molecule has 1 fully saturated rings. The van der Waals surface area contributed by atoms with E-state index in [2.05, 4.69) is 43.4 Å². The number of anilines is 1. The van der Waals surface area contributed by atoms with Gasteiger partial charge in [0.15, 0.2) is 5.96 Å². The Balaban J connectivity index is 1.50. The number of carbonyl (C=O) groups excluding carboxylic acids is 1. The summed E-state index contributed by atoms with van der Waals surface area (Å²) in [6, 6.07) is 7.97. The van der Waals surface area contributed by atoms with Crippen LogP contribution in [0.4, 0.5) is 5.69 Å². The number of guanidine groups is 1. The molecule has 2 N–H and O–H groups in total. The lowest BCUT2D eigenvalue weighted by molar-refractivity contribution is 0.0958. The van der Waals surface area contributed by atoms with E-state index in [9.17, 15) is 4.79 Å². The van der Waals surface area contributed by atoms with Crippen LogP contribution in [-0.2, 0) is 0 Å². The van der Waals surface area contributed by atoms with Gasteiger partial charge in [-0.3, -0.25) is 9.79 Å². The van der Waals surface area contributed by atoms with Crippen molar-refractivity contribution < 1.29 is 4.79 Å². The van der Waals surface area contributed by atoms with Crippen molar-refractivity contribution in [3.8, 4) is 0 Å². The Morgan fingerprint density at radius 2 is 2.07 bits per heavy atom. The number of hydrogen-bond acceptors (Lipinski definition) is 5. The van der Waals surface area contributed by atoms with Crippen LogP contribution in [0.1, 0.15) is 22.3 Å². The molecule has 0 bridgehead atoms. The first-order valence-corrected chi connectivity index (χ1v) is 11.1. The number of thiazole rings is 1. The largest absolute Gasteiger partial charge is 0.368 e. The molecule has 29 heavy (non-hydrogen) atoms. The number of piperazine rings is 1. The van der Waals surface area contributed by atoms with Gasteiger partial charge in [-0.05, 0) is 32.0 Å². The van der Waals surface area contributed by atoms with Crippen LogP contribution in [-0.4, -0.2) is 67.6 Å². The van der Waals surface area contributed by atoms with Crippen LogP contribution in [0.5, 0.6) is 0 Å². The second kappa shape index (κ2) is 10.5. The molecule has 1 aromatic carbocycles. The second-order valence-corrected chi connectivity index (χ2v) is 8.00. The van der Waals surface area contributed by atoms with Gasteiger partial charge in [-0.1, -0.05) is 17.7 Å². The predicted octanol–water partition coefficient (Wildman–Crippen LogP) is 2.62. The summed E-state index contributed by atoms with van der Waals surface area (Å²) in [6.45, 7) is 9.31. The van der Waals surface area contributed by atoms with E-state index in [0.29, 0.717) is 18.0 Å². The van der Waals surface area contributed by atoms with Crippen LogP contribution in [0.25, 0.3) is 0 Å². The first-order chi connectivity index (χ1) is 14.1. The molecule has 7 nitrogen and oxygen atoms in total. The Morgan fingerprint density at radius 3 is 2.72 bits per heavy atom. The quantitative estimate of drug-likeness (QED) is 0.415. The Morgan fingerprint density at radius 1 is 1.28 bits per heavy atom. The maximum Gasteiger partial charge on any atom is 0.263 e. The molecule has 2 aromatic rings. The summed E-state index contributed by atoms with van der Waals surface area (Å²) >= 11 is 7.48. The number of benzene rings is 1. The first-order valence-electron chi connectivity index (χ1n) is 9.80. The third-order valence-corrected chi connectivity index (χ3v) is 5.86. The summed E-state index contributed by atoms with van der Waals surface area (Å²) < 4.78 is 0. The van der Waals surface area contributed by atoms with E-state index in [-0.39, 0.29) is 5.91 Å². The zero-order chi connectivity index (χ0) is 20.6. The van der Waals surface area contributed by atoms with E-state index < -0.39 is 0 Å². The molecule has 1 aromatic heterocycles. The van der Waals surface area contributed by atoms with Crippen molar-refractivity contribution >= 4 is 40.5 Å². The van der Waals surface area contributed by atoms with Crippen molar-refractivity contribution in [2.75, 3.05) is 50.7 Å². The van der Waals surface area contributed by atoms with Crippen molar-refractivity contribution in [2.24, 2.45) is 4.99 Å². The van der Waals surface area contributed by atoms with E-state index in [1.807, 2.05) is 25.1 Å². The number of halogens is 1. The molecule has 0 saturated carbocycles. The van der Waals surface area contributed by atoms with E-state index in [0.717, 1.165) is 55.1 Å². The van der Waals surface area contributed by atoms with Crippen LogP contribution < -0.4 is 15.5 Å². The van der Waals surface area contributed by atoms with Gasteiger partial charge in [0.2, 0.25) is 0 Å². The molecule has 1 aliphatic rings. The number of aryl methyl sites for hydroxylation is 1. The number of hydrogen-bond donors (Lipinski definition) is 2. The summed E-state index contributed by atoms with van der Waals surface area (Å²) in [6.07, 6.45) is 0. The zero-order valence-corrected chi connectivity index (χ0v) is 18.4. The highest BCUT2D eigenvalue weighted by Crippen LogP contribution is 2.20. The van der Waals surface area contributed by atoms with Gasteiger partial charge in [-0.15, -0.1) is 11.3 Å². The first kappa shape index (κ1) is 21.4. The molecule has 2 heterocycles. The highest BCUT2D eigenvalue weighted by atomic mass is 35.5. The molecule has 0 spiro atoms. The molecule has 9 heteroatoms. The number of aliphatic imine (C=N–C) groups is 1. The number of aromatic nitrogens is 1. The smallest absolute Gasteiger partial charge is 0.263 e. The van der Waals surface area contributed by atoms with Crippen LogP contribution in [0.15, 0.2) is 34.8 Å². The number of nitrogens with zero attached hydrogens (tertiary/aromatic N) is 4. The van der Waals surface area contributed by atoms with Gasteiger partial charge >= 0.3 is 0 Å². The normalized spacial score (nSPS) is 14.8. The van der Waals surface area contributed by atoms with Crippen molar-refractivity contribution in [1.82, 2.24) is 20.5 Å². The van der Waals surface area contributed by atoms with E-state index >= 15 is 0 Å². The standard InChI is InChI=1S/C20H27ClN6OS/c1-3-22-20(24-8-7-23-19(28)18-15(2)25-14-29-18)27-11-9-26(10-12-27)17-6-4-5-16(21)13-17/h4-6,13-14H,3,7-12H2,1-2H3,(H,22,24)(H,23,28). The molecule has 0 radical (unpaired) electrons. The molecule has 0 atom stereocenters. The van der Waals surface area contributed by atoms with E-state index in [4.69, 9.17) is 11.6 Å². The van der Waals surface area contributed by atoms with Crippen LogP contribution in [0.3, 0.4) is 0 Å². The number of amides is 1. The summed E-state index contributed by atoms with van der Waals surface area (Å²) in [5, 5.41) is 7.03. The molecular weight excluding hydrogens is 408 g/mol. The SMILES string of the molecule is CCNC(=NCCNC(=O)c1scnc1C)N1CCN(c2cccc(Cl)c2)CC1. The van der Waals surface area contributed by atoms with Crippen LogP contribution >= 0.6 is 22.9 Å². The fourth-order valence-electron chi connectivity index (χ4n) is 3.21. The Bertz CT molecular complexity index is 847. The maximum atomic E-state index is 12.2. The fraction of sp³-hybridized carbons (Fsp3) is 0.450. The molecule has 0 aliphatic carbocycles. The summed E-state index contributed by atoms with van der Waals surface area (Å²) in [4.78, 5) is 26.2. The van der Waals surface area contributed by atoms with Gasteiger partial charge < -0.3 is 20.4 Å². The van der Waals surface area contributed by atoms with Gasteiger partial charge in [0.25, 0.3) is 5.91 Å². The lowest BCUT2D eigenvalue weighted by Crippen LogP contribution is -2.52. The predicted molar refractivity (Wildman–Crippen MR) is 120 cm³/mol. The molecule has 1 saturated heterocycles.